The second kappa shape index (κ2) is 3.74. The minimum absolute atomic E-state index is 0.330. The Morgan fingerprint density at radius 2 is 2.43 bits per heavy atom. The zero-order valence-electron chi connectivity index (χ0n) is 8.25. The van der Waals surface area contributed by atoms with Crippen LogP contribution in [-0.2, 0) is 0 Å². The Morgan fingerprint density at radius 1 is 1.64 bits per heavy atom. The van der Waals surface area contributed by atoms with Crippen molar-refractivity contribution in [3.05, 3.63) is 22.8 Å². The quantitative estimate of drug-likeness (QED) is 0.896. The van der Waals surface area contributed by atoms with Gasteiger partial charge in [-0.2, -0.15) is 11.8 Å². The summed E-state index contributed by atoms with van der Waals surface area (Å²) in [5.41, 5.74) is 0. The van der Waals surface area contributed by atoms with Gasteiger partial charge in [0.2, 0.25) is 0 Å². The molecular weight excluding hydrogens is 260 g/mol. The third kappa shape index (κ3) is 1.91. The maximum atomic E-state index is 4.30. The highest BCUT2D eigenvalue weighted by molar-refractivity contribution is 9.10. The Balaban J connectivity index is 2.08. The Labute approximate surface area is 97.0 Å². The van der Waals surface area contributed by atoms with Gasteiger partial charge < -0.3 is 5.32 Å². The summed E-state index contributed by atoms with van der Waals surface area (Å²) in [6, 6.07) is 4.46. The molecule has 0 saturated carbocycles. The molecule has 1 aromatic heterocycles. The fourth-order valence-corrected chi connectivity index (χ4v) is 2.88. The van der Waals surface area contributed by atoms with E-state index in [0.29, 0.717) is 10.8 Å². The van der Waals surface area contributed by atoms with Gasteiger partial charge in [0.15, 0.2) is 0 Å². The normalized spacial score (nSPS) is 24.1. The van der Waals surface area contributed by atoms with E-state index in [-0.39, 0.29) is 0 Å². The number of hydrogen-bond donors (Lipinski definition) is 1. The summed E-state index contributed by atoms with van der Waals surface area (Å²) < 4.78 is 1.37. The van der Waals surface area contributed by atoms with Gasteiger partial charge in [0, 0.05) is 16.7 Å². The SMILES string of the molecule is CC1(C)SCC1Nc1ncccc1Br. The van der Waals surface area contributed by atoms with Gasteiger partial charge in [-0.1, -0.05) is 0 Å². The molecule has 14 heavy (non-hydrogen) atoms. The molecule has 1 aliphatic heterocycles. The van der Waals surface area contributed by atoms with Crippen molar-refractivity contribution in [1.29, 1.82) is 0 Å². The van der Waals surface area contributed by atoms with Crippen molar-refractivity contribution < 1.29 is 0 Å². The Bertz CT molecular complexity index is 341. The number of anilines is 1. The summed E-state index contributed by atoms with van der Waals surface area (Å²) in [7, 11) is 0. The second-order valence-electron chi connectivity index (χ2n) is 3.95. The summed E-state index contributed by atoms with van der Waals surface area (Å²) >= 11 is 5.47. The molecule has 0 amide bonds. The molecule has 1 atom stereocenters. The van der Waals surface area contributed by atoms with Crippen LogP contribution in [0.4, 0.5) is 5.82 Å². The van der Waals surface area contributed by atoms with Crippen molar-refractivity contribution in [3.63, 3.8) is 0 Å². The number of hydrogen-bond acceptors (Lipinski definition) is 3. The Morgan fingerprint density at radius 3 is 2.93 bits per heavy atom. The minimum atomic E-state index is 0.330. The van der Waals surface area contributed by atoms with Crippen LogP contribution in [0.1, 0.15) is 13.8 Å². The van der Waals surface area contributed by atoms with Crippen LogP contribution >= 0.6 is 27.7 Å². The van der Waals surface area contributed by atoms with E-state index in [0.717, 1.165) is 16.0 Å². The summed E-state index contributed by atoms with van der Waals surface area (Å²) in [4.78, 5) is 4.30. The number of halogens is 1. The fourth-order valence-electron chi connectivity index (χ4n) is 1.37. The van der Waals surface area contributed by atoms with Crippen LogP contribution in [0.25, 0.3) is 0 Å². The monoisotopic (exact) mass is 272 g/mol. The van der Waals surface area contributed by atoms with Gasteiger partial charge in [-0.25, -0.2) is 4.98 Å². The predicted molar refractivity (Wildman–Crippen MR) is 65.9 cm³/mol. The number of pyridine rings is 1. The van der Waals surface area contributed by atoms with E-state index in [4.69, 9.17) is 0 Å². The Hall–Kier alpha value is -0.220. The molecule has 0 bridgehead atoms. The van der Waals surface area contributed by atoms with E-state index in [1.807, 2.05) is 30.1 Å². The summed E-state index contributed by atoms with van der Waals surface area (Å²) in [5, 5.41) is 3.46. The van der Waals surface area contributed by atoms with Crippen LogP contribution in [0.5, 0.6) is 0 Å². The average molecular weight is 273 g/mol. The van der Waals surface area contributed by atoms with E-state index in [1.54, 1.807) is 0 Å². The largest absolute Gasteiger partial charge is 0.364 e. The topological polar surface area (TPSA) is 24.9 Å². The second-order valence-corrected chi connectivity index (χ2v) is 6.47. The lowest BCUT2D eigenvalue weighted by Crippen LogP contribution is -2.50. The van der Waals surface area contributed by atoms with E-state index in [2.05, 4.69) is 40.1 Å². The number of thioether (sulfide) groups is 1. The molecule has 1 saturated heterocycles. The lowest BCUT2D eigenvalue weighted by molar-refractivity contribution is 0.574. The van der Waals surface area contributed by atoms with Crippen LogP contribution < -0.4 is 5.32 Å². The first-order valence-electron chi connectivity index (χ1n) is 4.60. The smallest absolute Gasteiger partial charge is 0.140 e. The molecule has 2 heterocycles. The molecule has 1 fully saturated rings. The highest BCUT2D eigenvalue weighted by Crippen LogP contribution is 2.41. The lowest BCUT2D eigenvalue weighted by Gasteiger charge is -2.44. The highest BCUT2D eigenvalue weighted by atomic mass is 79.9. The standard InChI is InChI=1S/C10H13BrN2S/c1-10(2)8(6-14-10)13-9-7(11)4-3-5-12-9/h3-5,8H,6H2,1-2H3,(H,12,13). The minimum Gasteiger partial charge on any atom is -0.364 e. The van der Waals surface area contributed by atoms with Gasteiger partial charge in [-0.15, -0.1) is 0 Å². The van der Waals surface area contributed by atoms with Crippen molar-refractivity contribution >= 4 is 33.5 Å². The van der Waals surface area contributed by atoms with Gasteiger partial charge in [-0.3, -0.25) is 0 Å². The van der Waals surface area contributed by atoms with Gasteiger partial charge in [-0.05, 0) is 41.9 Å². The number of rotatable bonds is 2. The number of nitrogens with zero attached hydrogens (tertiary/aromatic N) is 1. The first-order chi connectivity index (χ1) is 6.59. The van der Waals surface area contributed by atoms with Gasteiger partial charge in [0.05, 0.1) is 10.5 Å². The molecule has 76 valence electrons. The van der Waals surface area contributed by atoms with Gasteiger partial charge >= 0.3 is 0 Å². The third-order valence-electron chi connectivity index (χ3n) is 2.53. The fraction of sp³-hybridized carbons (Fsp3) is 0.500. The number of aromatic nitrogens is 1. The van der Waals surface area contributed by atoms with E-state index in [1.165, 1.54) is 0 Å². The lowest BCUT2D eigenvalue weighted by atomic mass is 10.0. The van der Waals surface area contributed by atoms with Crippen LogP contribution in [0.3, 0.4) is 0 Å². The summed E-state index contributed by atoms with van der Waals surface area (Å²) in [6.07, 6.45) is 1.81. The van der Waals surface area contributed by atoms with E-state index >= 15 is 0 Å². The number of nitrogens with one attached hydrogen (secondary N) is 1. The molecular formula is C10H13BrN2S. The molecule has 0 radical (unpaired) electrons. The average Bonchev–Trinajstić information content (AvgIpc) is 2.15. The first kappa shape index (κ1) is 10.3. The zero-order valence-corrected chi connectivity index (χ0v) is 10.7. The van der Waals surface area contributed by atoms with Crippen LogP contribution in [0, 0.1) is 0 Å². The van der Waals surface area contributed by atoms with Crippen molar-refractivity contribution in [2.24, 2.45) is 0 Å². The van der Waals surface area contributed by atoms with Crippen molar-refractivity contribution in [2.45, 2.75) is 24.6 Å². The van der Waals surface area contributed by atoms with Gasteiger partial charge in [0.1, 0.15) is 5.82 Å². The van der Waals surface area contributed by atoms with Crippen molar-refractivity contribution in [2.75, 3.05) is 11.1 Å². The predicted octanol–water partition coefficient (Wildman–Crippen LogP) is 3.15. The molecule has 2 nitrogen and oxygen atoms in total. The van der Waals surface area contributed by atoms with Gasteiger partial charge in [0.25, 0.3) is 0 Å². The summed E-state index contributed by atoms with van der Waals surface area (Å²) in [5.74, 6) is 2.11. The first-order valence-corrected chi connectivity index (χ1v) is 6.38. The molecule has 0 spiro atoms. The molecule has 2 rings (SSSR count). The molecule has 1 aliphatic rings. The maximum absolute atomic E-state index is 4.30. The molecule has 1 aromatic rings. The van der Waals surface area contributed by atoms with Crippen LogP contribution in [0.2, 0.25) is 0 Å². The molecule has 0 aliphatic carbocycles. The molecule has 1 unspecified atom stereocenters. The molecule has 4 heteroatoms. The van der Waals surface area contributed by atoms with Crippen molar-refractivity contribution in [1.82, 2.24) is 4.98 Å². The van der Waals surface area contributed by atoms with Crippen LogP contribution in [-0.4, -0.2) is 21.5 Å². The zero-order chi connectivity index (χ0) is 10.2. The van der Waals surface area contributed by atoms with Crippen LogP contribution in [0.15, 0.2) is 22.8 Å². The molecule has 0 aromatic carbocycles. The summed E-state index contributed by atoms with van der Waals surface area (Å²) in [6.45, 7) is 4.52. The third-order valence-corrected chi connectivity index (χ3v) is 4.70. The highest BCUT2D eigenvalue weighted by Gasteiger charge is 2.39. The Kier molecular flexibility index (Phi) is 2.75. The van der Waals surface area contributed by atoms with E-state index in [9.17, 15) is 0 Å². The van der Waals surface area contributed by atoms with Crippen molar-refractivity contribution in [3.8, 4) is 0 Å². The maximum Gasteiger partial charge on any atom is 0.140 e. The van der Waals surface area contributed by atoms with E-state index < -0.39 is 0 Å². The molecule has 1 N–H and O–H groups in total.